The second-order valence-electron chi connectivity index (χ2n) is 22.6. The highest BCUT2D eigenvalue weighted by atomic mass is 16.6. The van der Waals surface area contributed by atoms with Gasteiger partial charge in [0, 0.05) is 32.6 Å². The van der Waals surface area contributed by atoms with Gasteiger partial charge in [-0.3, -0.25) is 0 Å². The van der Waals surface area contributed by atoms with E-state index in [0.29, 0.717) is 43.4 Å². The van der Waals surface area contributed by atoms with Gasteiger partial charge < -0.3 is 29.7 Å². The first-order valence-corrected chi connectivity index (χ1v) is 24.9. The lowest BCUT2D eigenvalue weighted by Gasteiger charge is -2.58. The summed E-state index contributed by atoms with van der Waals surface area (Å²) in [6.45, 7) is 30.3. The quantitative estimate of drug-likeness (QED) is 0.0677. The van der Waals surface area contributed by atoms with E-state index in [9.17, 15) is 14.4 Å². The number of carbonyl (C=O) groups is 3. The van der Waals surface area contributed by atoms with Crippen LogP contribution in [-0.4, -0.2) is 66.7 Å². The van der Waals surface area contributed by atoms with Crippen LogP contribution in [0.1, 0.15) is 192 Å². The van der Waals surface area contributed by atoms with Gasteiger partial charge >= 0.3 is 18.3 Å². The summed E-state index contributed by atoms with van der Waals surface area (Å²) in [5.41, 5.74) is 1.20. The van der Waals surface area contributed by atoms with E-state index in [2.05, 4.69) is 64.0 Å². The van der Waals surface area contributed by atoms with Crippen LogP contribution in [0.2, 0.25) is 0 Å². The molecule has 61 heavy (non-hydrogen) atoms. The van der Waals surface area contributed by atoms with Crippen molar-refractivity contribution in [1.82, 2.24) is 15.5 Å². The molecule has 0 radical (unpaired) electrons. The zero-order valence-electron chi connectivity index (χ0n) is 40.9. The second-order valence-corrected chi connectivity index (χ2v) is 22.6. The smallest absolute Gasteiger partial charge is 0.410 e. The van der Waals surface area contributed by atoms with Crippen LogP contribution in [0.4, 0.5) is 14.4 Å². The fourth-order valence-electron chi connectivity index (χ4n) is 12.2. The predicted octanol–water partition coefficient (Wildman–Crippen LogP) is 13.4. The van der Waals surface area contributed by atoms with E-state index in [1.54, 1.807) is 5.57 Å². The summed E-state index contributed by atoms with van der Waals surface area (Å²) in [6, 6.07) is 0. The van der Waals surface area contributed by atoms with Gasteiger partial charge in [0.15, 0.2) is 0 Å². The molecule has 9 heteroatoms. The molecule has 0 spiro atoms. The first-order chi connectivity index (χ1) is 28.7. The fourth-order valence-corrected chi connectivity index (χ4v) is 12.2. The maximum absolute atomic E-state index is 13.9. The van der Waals surface area contributed by atoms with Crippen LogP contribution in [-0.2, 0) is 14.2 Å². The molecule has 3 amide bonds. The Morgan fingerprint density at radius 3 is 1.90 bits per heavy atom. The minimum absolute atomic E-state index is 0.0699. The van der Waals surface area contributed by atoms with E-state index in [-0.39, 0.29) is 29.8 Å². The number of fused-ring (bicyclic) bond motifs is 5. The Morgan fingerprint density at radius 1 is 0.787 bits per heavy atom. The molecule has 0 bridgehead atoms. The standard InChI is InChI=1S/C52H91N3O6/c1-13-39(37(2)3)23-22-38(4)43-26-27-44-42-25-24-40-36-41(28-30-51(40,11)45(42)29-31-52(43,44)12)59-48(58)55(34-20-16-14-18-32-53-46(56)60-49(5,6)7)35-21-17-15-19-33-54-47(57)61-50(8,9)10/h13,24,37-39,41-45H,1,14-23,25-36H2,2-12H3,(H,53,56)(H,54,57)/t38-,39-,41+,42+,43-,44+,45+,51+,52-/m1/s1. The third kappa shape index (κ3) is 14.9. The summed E-state index contributed by atoms with van der Waals surface area (Å²) in [5.74, 6) is 5.21. The summed E-state index contributed by atoms with van der Waals surface area (Å²) >= 11 is 0. The molecule has 0 heterocycles. The Morgan fingerprint density at radius 2 is 1.36 bits per heavy atom. The van der Waals surface area contributed by atoms with Crippen LogP contribution in [0.3, 0.4) is 0 Å². The molecular weight excluding hydrogens is 763 g/mol. The summed E-state index contributed by atoms with van der Waals surface area (Å²) in [5, 5.41) is 5.70. The molecule has 350 valence electrons. The Bertz CT molecular complexity index is 1400. The number of alkyl carbamates (subject to hydrolysis) is 2. The number of allylic oxidation sites excluding steroid dienone is 2. The molecule has 0 aromatic carbocycles. The first-order valence-electron chi connectivity index (χ1n) is 24.9. The number of nitrogens with one attached hydrogen (secondary N) is 2. The average molecular weight is 854 g/mol. The molecular formula is C52H91N3O6. The number of amides is 3. The van der Waals surface area contributed by atoms with Gasteiger partial charge in [-0.05, 0) is 177 Å². The van der Waals surface area contributed by atoms with Gasteiger partial charge in [0.1, 0.15) is 17.3 Å². The van der Waals surface area contributed by atoms with Gasteiger partial charge in [-0.15, -0.1) is 6.58 Å². The van der Waals surface area contributed by atoms with Crippen molar-refractivity contribution in [1.29, 1.82) is 0 Å². The summed E-state index contributed by atoms with van der Waals surface area (Å²) in [6.07, 6.45) is 23.4. The van der Waals surface area contributed by atoms with Crippen molar-refractivity contribution in [2.75, 3.05) is 26.2 Å². The van der Waals surface area contributed by atoms with Gasteiger partial charge in [-0.1, -0.05) is 78.0 Å². The van der Waals surface area contributed by atoms with E-state index in [4.69, 9.17) is 14.2 Å². The van der Waals surface area contributed by atoms with Crippen LogP contribution in [0, 0.1) is 52.3 Å². The summed E-state index contributed by atoms with van der Waals surface area (Å²) in [7, 11) is 0. The molecule has 2 N–H and O–H groups in total. The van der Waals surface area contributed by atoms with E-state index >= 15 is 0 Å². The normalized spacial score (nSPS) is 28.3. The number of nitrogens with zero attached hydrogens (tertiary/aromatic N) is 1. The Kier molecular flexibility index (Phi) is 19.0. The van der Waals surface area contributed by atoms with Gasteiger partial charge in [-0.25, -0.2) is 14.4 Å². The third-order valence-corrected chi connectivity index (χ3v) is 15.5. The molecule has 4 aliphatic rings. The SMILES string of the molecule is C=C[C@H](CC[C@@H](C)[C@H]1CC[C@H]2[C@@H]3CC=C4C[C@@H](OC(=O)N(CCCCCCNC(=O)OC(C)(C)C)CCCCCCNC(=O)OC(C)(C)C)CC[C@]4(C)[C@H]3CC[C@]12C)C(C)C. The van der Waals surface area contributed by atoms with Gasteiger partial charge in [-0.2, -0.15) is 0 Å². The Labute approximate surface area is 373 Å². The molecule has 9 atom stereocenters. The topological polar surface area (TPSA) is 106 Å². The number of carbonyl (C=O) groups excluding carboxylic acids is 3. The van der Waals surface area contributed by atoms with Gasteiger partial charge in [0.25, 0.3) is 0 Å². The third-order valence-electron chi connectivity index (χ3n) is 15.5. The van der Waals surface area contributed by atoms with Crippen molar-refractivity contribution in [3.8, 4) is 0 Å². The minimum atomic E-state index is -0.507. The molecule has 4 aliphatic carbocycles. The molecule has 0 aliphatic heterocycles. The lowest BCUT2D eigenvalue weighted by atomic mass is 9.47. The number of hydrogen-bond acceptors (Lipinski definition) is 6. The summed E-state index contributed by atoms with van der Waals surface area (Å²) < 4.78 is 17.1. The van der Waals surface area contributed by atoms with Crippen molar-refractivity contribution >= 4 is 18.3 Å². The number of unbranched alkanes of at least 4 members (excludes halogenated alkanes) is 6. The zero-order chi connectivity index (χ0) is 45.0. The van der Waals surface area contributed by atoms with E-state index < -0.39 is 11.2 Å². The molecule has 0 aromatic heterocycles. The van der Waals surface area contributed by atoms with Crippen LogP contribution >= 0.6 is 0 Å². The Balaban J connectivity index is 1.29. The van der Waals surface area contributed by atoms with Crippen molar-refractivity contribution in [2.24, 2.45) is 52.3 Å². The lowest BCUT2D eigenvalue weighted by molar-refractivity contribution is -0.0595. The van der Waals surface area contributed by atoms with Crippen LogP contribution < -0.4 is 10.6 Å². The maximum atomic E-state index is 13.9. The first kappa shape index (κ1) is 50.9. The molecule has 3 fully saturated rings. The highest BCUT2D eigenvalue weighted by molar-refractivity contribution is 5.68. The molecule has 0 aromatic rings. The highest BCUT2D eigenvalue weighted by Gasteiger charge is 2.59. The van der Waals surface area contributed by atoms with Crippen molar-refractivity contribution in [3.63, 3.8) is 0 Å². The fraction of sp³-hybridized carbons (Fsp3) is 0.865. The number of rotatable bonds is 21. The van der Waals surface area contributed by atoms with E-state index in [1.807, 2.05) is 46.4 Å². The summed E-state index contributed by atoms with van der Waals surface area (Å²) in [4.78, 5) is 39.9. The monoisotopic (exact) mass is 854 g/mol. The zero-order valence-corrected chi connectivity index (χ0v) is 40.9. The molecule has 4 rings (SSSR count). The van der Waals surface area contributed by atoms with Crippen LogP contribution in [0.15, 0.2) is 24.3 Å². The second kappa shape index (κ2) is 22.8. The predicted molar refractivity (Wildman–Crippen MR) is 249 cm³/mol. The molecule has 3 saturated carbocycles. The lowest BCUT2D eigenvalue weighted by Crippen LogP contribution is -2.51. The largest absolute Gasteiger partial charge is 0.446 e. The van der Waals surface area contributed by atoms with Crippen LogP contribution in [0.25, 0.3) is 0 Å². The van der Waals surface area contributed by atoms with Crippen molar-refractivity contribution in [2.45, 2.75) is 209 Å². The minimum Gasteiger partial charge on any atom is -0.446 e. The molecule has 0 unspecified atom stereocenters. The maximum Gasteiger partial charge on any atom is 0.410 e. The van der Waals surface area contributed by atoms with Crippen LogP contribution in [0.5, 0.6) is 0 Å². The van der Waals surface area contributed by atoms with Crippen molar-refractivity contribution < 1.29 is 28.6 Å². The van der Waals surface area contributed by atoms with E-state index in [0.717, 1.165) is 100 Å². The Hall–Kier alpha value is -2.71. The molecule has 0 saturated heterocycles. The van der Waals surface area contributed by atoms with E-state index in [1.165, 1.54) is 44.9 Å². The van der Waals surface area contributed by atoms with Crippen molar-refractivity contribution in [3.05, 3.63) is 24.3 Å². The van der Waals surface area contributed by atoms with Gasteiger partial charge in [0.05, 0.1) is 0 Å². The number of ether oxygens (including phenoxy) is 3. The molecule has 9 nitrogen and oxygen atoms in total. The average Bonchev–Trinajstić information content (AvgIpc) is 3.52. The number of hydrogen-bond donors (Lipinski definition) is 2. The van der Waals surface area contributed by atoms with Gasteiger partial charge in [0.2, 0.25) is 0 Å². The highest BCUT2D eigenvalue weighted by Crippen LogP contribution is 2.67.